The maximum absolute atomic E-state index is 14.3. The van der Waals surface area contributed by atoms with Gasteiger partial charge in [0.15, 0.2) is 11.0 Å². The monoisotopic (exact) mass is 511 g/mol. The van der Waals surface area contributed by atoms with E-state index in [0.29, 0.717) is 29.5 Å². The molecule has 0 radical (unpaired) electrons. The van der Waals surface area contributed by atoms with Gasteiger partial charge in [-0.05, 0) is 43.0 Å². The zero-order valence-electron chi connectivity index (χ0n) is 19.2. The number of benzene rings is 2. The summed E-state index contributed by atoms with van der Waals surface area (Å²) in [5.74, 6) is 0.556. The van der Waals surface area contributed by atoms with Crippen LogP contribution < -0.4 is 10.2 Å². The van der Waals surface area contributed by atoms with Crippen molar-refractivity contribution in [3.63, 3.8) is 0 Å². The number of thioether (sulfide) groups is 1. The number of fused-ring (bicyclic) bond motifs is 1. The van der Waals surface area contributed by atoms with Crippen LogP contribution in [0.25, 0.3) is 10.2 Å². The predicted octanol–water partition coefficient (Wildman–Crippen LogP) is 4.24. The van der Waals surface area contributed by atoms with Gasteiger partial charge in [0, 0.05) is 12.6 Å². The van der Waals surface area contributed by atoms with Crippen LogP contribution in [0.2, 0.25) is 0 Å². The van der Waals surface area contributed by atoms with Crippen molar-refractivity contribution in [1.29, 1.82) is 0 Å². The Morgan fingerprint density at radius 3 is 2.69 bits per heavy atom. The van der Waals surface area contributed by atoms with Gasteiger partial charge in [-0.25, -0.2) is 4.39 Å². The highest BCUT2D eigenvalue weighted by Crippen LogP contribution is 2.22. The van der Waals surface area contributed by atoms with Gasteiger partial charge in [-0.15, -0.1) is 10.2 Å². The van der Waals surface area contributed by atoms with Crippen LogP contribution in [0.1, 0.15) is 37.1 Å². The molecule has 0 saturated heterocycles. The molecule has 0 atom stereocenters. The lowest BCUT2D eigenvalue weighted by Crippen LogP contribution is -2.33. The Labute approximate surface area is 210 Å². The maximum Gasteiger partial charge on any atom is 0.308 e. The van der Waals surface area contributed by atoms with E-state index in [1.54, 1.807) is 16.7 Å². The van der Waals surface area contributed by atoms with Gasteiger partial charge in [-0.2, -0.15) is 0 Å². The Hall–Kier alpha value is -2.98. The van der Waals surface area contributed by atoms with Gasteiger partial charge in [-0.3, -0.25) is 14.2 Å². The first-order valence-electron chi connectivity index (χ1n) is 11.7. The van der Waals surface area contributed by atoms with Crippen molar-refractivity contribution in [2.45, 2.75) is 56.4 Å². The summed E-state index contributed by atoms with van der Waals surface area (Å²) in [6.07, 6.45) is 4.81. The number of hydrogen-bond donors (Lipinski definition) is 1. The van der Waals surface area contributed by atoms with Gasteiger partial charge < -0.3 is 9.88 Å². The standard InChI is InChI=1S/C25H26FN5O2S2/c26-19-10-4-1-7-17(19)13-14-30-22(15-31-20-11-5-6-12-21(20)35-25(31)33)28-29-24(30)34-16-23(32)27-18-8-2-3-9-18/h1,4-7,10-12,18H,2-3,8-9,13-16H2,(H,27,32). The smallest absolute Gasteiger partial charge is 0.308 e. The van der Waals surface area contributed by atoms with E-state index in [4.69, 9.17) is 0 Å². The molecular formula is C25H26FN5O2S2. The van der Waals surface area contributed by atoms with E-state index in [1.165, 1.54) is 29.2 Å². The molecule has 1 fully saturated rings. The van der Waals surface area contributed by atoms with E-state index < -0.39 is 0 Å². The van der Waals surface area contributed by atoms with Crippen molar-refractivity contribution in [2.24, 2.45) is 0 Å². The minimum absolute atomic E-state index is 0.0212. The van der Waals surface area contributed by atoms with Crippen LogP contribution in [-0.4, -0.2) is 37.0 Å². The number of aryl methyl sites for hydroxylation is 1. The van der Waals surface area contributed by atoms with Crippen LogP contribution in [0, 0.1) is 5.82 Å². The highest BCUT2D eigenvalue weighted by molar-refractivity contribution is 7.99. The molecule has 182 valence electrons. The molecule has 5 rings (SSSR count). The highest BCUT2D eigenvalue weighted by atomic mass is 32.2. The molecule has 0 unspecified atom stereocenters. The topological polar surface area (TPSA) is 81.8 Å². The first-order chi connectivity index (χ1) is 17.1. The molecule has 0 bridgehead atoms. The van der Waals surface area contributed by atoms with E-state index >= 15 is 0 Å². The van der Waals surface area contributed by atoms with Crippen LogP contribution in [-0.2, 0) is 24.3 Å². The SMILES string of the molecule is O=C(CSc1nnc(Cn2c(=O)sc3ccccc32)n1CCc1ccccc1F)NC1CCCC1. The third-order valence-electron chi connectivity index (χ3n) is 6.28. The molecule has 2 heterocycles. The average molecular weight is 512 g/mol. The number of nitrogens with zero attached hydrogens (tertiary/aromatic N) is 4. The lowest BCUT2D eigenvalue weighted by atomic mass is 10.1. The molecule has 0 spiro atoms. The zero-order valence-corrected chi connectivity index (χ0v) is 20.8. The third kappa shape index (κ3) is 5.48. The first-order valence-corrected chi connectivity index (χ1v) is 13.5. The van der Waals surface area contributed by atoms with Crippen molar-refractivity contribution in [3.8, 4) is 0 Å². The number of hydrogen-bond acceptors (Lipinski definition) is 6. The second kappa shape index (κ2) is 10.7. The molecule has 2 aromatic carbocycles. The van der Waals surface area contributed by atoms with Crippen LogP contribution >= 0.6 is 23.1 Å². The van der Waals surface area contributed by atoms with Crippen molar-refractivity contribution in [1.82, 2.24) is 24.6 Å². The number of para-hydroxylation sites is 1. The van der Waals surface area contributed by atoms with Gasteiger partial charge in [0.2, 0.25) is 5.91 Å². The molecule has 1 aliphatic carbocycles. The van der Waals surface area contributed by atoms with Crippen molar-refractivity contribution < 1.29 is 9.18 Å². The Balaban J connectivity index is 1.38. The van der Waals surface area contributed by atoms with E-state index in [2.05, 4.69) is 15.5 Å². The summed E-state index contributed by atoms with van der Waals surface area (Å²) in [4.78, 5) is 25.1. The molecule has 1 aliphatic rings. The summed E-state index contributed by atoms with van der Waals surface area (Å²) in [7, 11) is 0. The molecule has 1 N–H and O–H groups in total. The largest absolute Gasteiger partial charge is 0.353 e. The van der Waals surface area contributed by atoms with E-state index in [-0.39, 0.29) is 34.9 Å². The van der Waals surface area contributed by atoms with Crippen molar-refractivity contribution in [2.75, 3.05) is 5.75 Å². The average Bonchev–Trinajstić information content (AvgIpc) is 3.57. The third-order valence-corrected chi connectivity index (χ3v) is 8.21. The number of halogens is 1. The maximum atomic E-state index is 14.3. The summed E-state index contributed by atoms with van der Waals surface area (Å²) >= 11 is 2.51. The van der Waals surface area contributed by atoms with Crippen LogP contribution in [0.15, 0.2) is 58.5 Å². The summed E-state index contributed by atoms with van der Waals surface area (Å²) in [5.41, 5.74) is 1.44. The van der Waals surface area contributed by atoms with Gasteiger partial charge in [-0.1, -0.05) is 66.3 Å². The van der Waals surface area contributed by atoms with Gasteiger partial charge in [0.25, 0.3) is 0 Å². The first kappa shape index (κ1) is 23.7. The van der Waals surface area contributed by atoms with E-state index in [1.807, 2.05) is 34.9 Å². The minimum atomic E-state index is -0.257. The van der Waals surface area contributed by atoms with Gasteiger partial charge in [0.1, 0.15) is 5.82 Å². The molecule has 1 amide bonds. The summed E-state index contributed by atoms with van der Waals surface area (Å²) in [6, 6.07) is 14.6. The van der Waals surface area contributed by atoms with E-state index in [9.17, 15) is 14.0 Å². The second-order valence-electron chi connectivity index (χ2n) is 8.65. The number of rotatable bonds is 9. The number of amides is 1. The number of nitrogens with one attached hydrogen (secondary N) is 1. The normalized spacial score (nSPS) is 14.1. The quantitative estimate of drug-likeness (QED) is 0.340. The van der Waals surface area contributed by atoms with Crippen LogP contribution in [0.4, 0.5) is 4.39 Å². The Morgan fingerprint density at radius 1 is 1.09 bits per heavy atom. The Morgan fingerprint density at radius 2 is 1.86 bits per heavy atom. The second-order valence-corrected chi connectivity index (χ2v) is 10.6. The fourth-order valence-corrected chi connectivity index (χ4v) is 6.16. The molecule has 0 aliphatic heterocycles. The molecule has 7 nitrogen and oxygen atoms in total. The van der Waals surface area contributed by atoms with Crippen LogP contribution in [0.3, 0.4) is 0 Å². The Bertz CT molecular complexity index is 1390. The molecule has 2 aromatic heterocycles. The fraction of sp³-hybridized carbons (Fsp3) is 0.360. The fourth-order valence-electron chi connectivity index (χ4n) is 4.48. The number of thiazole rings is 1. The number of aromatic nitrogens is 4. The zero-order chi connectivity index (χ0) is 24.2. The molecule has 1 saturated carbocycles. The van der Waals surface area contributed by atoms with Gasteiger partial charge in [0.05, 0.1) is 22.5 Å². The predicted molar refractivity (Wildman–Crippen MR) is 136 cm³/mol. The van der Waals surface area contributed by atoms with Gasteiger partial charge >= 0.3 is 4.87 Å². The molecule has 4 aromatic rings. The lowest BCUT2D eigenvalue weighted by Gasteiger charge is -2.13. The molecule has 10 heteroatoms. The summed E-state index contributed by atoms with van der Waals surface area (Å²) in [5, 5.41) is 12.4. The van der Waals surface area contributed by atoms with Crippen molar-refractivity contribution >= 4 is 39.2 Å². The number of carbonyl (C=O) groups excluding carboxylic acids is 1. The summed E-state index contributed by atoms with van der Waals surface area (Å²) in [6.45, 7) is 0.689. The highest BCUT2D eigenvalue weighted by Gasteiger charge is 2.20. The van der Waals surface area contributed by atoms with Crippen LogP contribution in [0.5, 0.6) is 0 Å². The molecular weight excluding hydrogens is 485 g/mol. The van der Waals surface area contributed by atoms with Crippen molar-refractivity contribution in [3.05, 3.63) is 75.4 Å². The molecule has 35 heavy (non-hydrogen) atoms. The Kier molecular flexibility index (Phi) is 7.29. The minimum Gasteiger partial charge on any atom is -0.353 e. The van der Waals surface area contributed by atoms with E-state index in [0.717, 1.165) is 35.9 Å². The summed E-state index contributed by atoms with van der Waals surface area (Å²) < 4.78 is 18.8. The lowest BCUT2D eigenvalue weighted by molar-refractivity contribution is -0.119. The number of carbonyl (C=O) groups is 1.